The van der Waals surface area contributed by atoms with E-state index in [-0.39, 0.29) is 5.91 Å². The van der Waals surface area contributed by atoms with Gasteiger partial charge in [0.2, 0.25) is 0 Å². The van der Waals surface area contributed by atoms with Gasteiger partial charge in [0.05, 0.1) is 0 Å². The standard InChI is InChI=1S/C18H22N4OS/c1-22(2)16-10-6-9-15(13-16)17(23)20-21-18(24)19-12-11-14-7-4-3-5-8-14/h3-10,13H,11-12H2,1-2H3,(H,20,23)(H2,19,21,24). The molecule has 0 aromatic heterocycles. The first-order valence-electron chi connectivity index (χ1n) is 7.72. The summed E-state index contributed by atoms with van der Waals surface area (Å²) in [4.78, 5) is 14.1. The second-order valence-electron chi connectivity index (χ2n) is 5.52. The van der Waals surface area contributed by atoms with E-state index in [1.165, 1.54) is 5.56 Å². The van der Waals surface area contributed by atoms with Gasteiger partial charge < -0.3 is 10.2 Å². The lowest BCUT2D eigenvalue weighted by molar-refractivity contribution is 0.0943. The third-order valence-corrected chi connectivity index (χ3v) is 3.70. The van der Waals surface area contributed by atoms with E-state index < -0.39 is 0 Å². The highest BCUT2D eigenvalue weighted by Crippen LogP contribution is 2.12. The van der Waals surface area contributed by atoms with Gasteiger partial charge in [-0.05, 0) is 42.4 Å². The van der Waals surface area contributed by atoms with E-state index in [0.29, 0.717) is 17.2 Å². The van der Waals surface area contributed by atoms with Crippen molar-refractivity contribution in [2.45, 2.75) is 6.42 Å². The predicted octanol–water partition coefficient (Wildman–Crippen LogP) is 2.10. The van der Waals surface area contributed by atoms with Gasteiger partial charge >= 0.3 is 0 Å². The van der Waals surface area contributed by atoms with Crippen molar-refractivity contribution in [3.05, 3.63) is 65.7 Å². The zero-order valence-corrected chi connectivity index (χ0v) is 14.7. The van der Waals surface area contributed by atoms with Crippen molar-refractivity contribution < 1.29 is 4.79 Å². The second-order valence-corrected chi connectivity index (χ2v) is 5.92. The summed E-state index contributed by atoms with van der Waals surface area (Å²) in [5, 5.41) is 3.46. The number of carbonyl (C=O) groups excluding carboxylic acids is 1. The molecule has 6 heteroatoms. The van der Waals surface area contributed by atoms with Gasteiger partial charge in [-0.1, -0.05) is 36.4 Å². The highest BCUT2D eigenvalue weighted by Gasteiger charge is 2.07. The lowest BCUT2D eigenvalue weighted by Gasteiger charge is -2.14. The molecule has 3 N–H and O–H groups in total. The van der Waals surface area contributed by atoms with Crippen molar-refractivity contribution in [3.63, 3.8) is 0 Å². The van der Waals surface area contributed by atoms with E-state index in [2.05, 4.69) is 28.3 Å². The van der Waals surface area contributed by atoms with Crippen LogP contribution in [-0.4, -0.2) is 31.7 Å². The Hall–Kier alpha value is -2.60. The number of hydrogen-bond acceptors (Lipinski definition) is 3. The molecular formula is C18H22N4OS. The Morgan fingerprint density at radius 3 is 2.50 bits per heavy atom. The van der Waals surface area contributed by atoms with Crippen molar-refractivity contribution in [2.24, 2.45) is 0 Å². The van der Waals surface area contributed by atoms with Gasteiger partial charge in [0.25, 0.3) is 5.91 Å². The molecule has 126 valence electrons. The molecule has 0 saturated carbocycles. The lowest BCUT2D eigenvalue weighted by Crippen LogP contribution is -2.47. The Balaban J connectivity index is 1.75. The fourth-order valence-electron chi connectivity index (χ4n) is 2.12. The summed E-state index contributed by atoms with van der Waals surface area (Å²) in [6.07, 6.45) is 0.863. The van der Waals surface area contributed by atoms with E-state index in [9.17, 15) is 4.79 Å². The summed E-state index contributed by atoms with van der Waals surface area (Å²) < 4.78 is 0. The summed E-state index contributed by atoms with van der Waals surface area (Å²) in [5.74, 6) is -0.231. The smallest absolute Gasteiger partial charge is 0.269 e. The van der Waals surface area contributed by atoms with Gasteiger partial charge in [0.1, 0.15) is 0 Å². The Morgan fingerprint density at radius 2 is 1.79 bits per heavy atom. The number of nitrogens with zero attached hydrogens (tertiary/aromatic N) is 1. The van der Waals surface area contributed by atoms with Gasteiger partial charge in [-0.15, -0.1) is 0 Å². The van der Waals surface area contributed by atoms with Crippen molar-refractivity contribution >= 4 is 28.9 Å². The third-order valence-electron chi connectivity index (χ3n) is 3.46. The first-order valence-corrected chi connectivity index (χ1v) is 8.12. The number of amides is 1. The van der Waals surface area contributed by atoms with Crippen LogP contribution in [0, 0.1) is 0 Å². The van der Waals surface area contributed by atoms with E-state index in [4.69, 9.17) is 12.2 Å². The normalized spacial score (nSPS) is 9.92. The number of benzene rings is 2. The summed E-state index contributed by atoms with van der Waals surface area (Å²) in [6.45, 7) is 0.696. The number of nitrogens with one attached hydrogen (secondary N) is 3. The van der Waals surface area contributed by atoms with Crippen molar-refractivity contribution in [1.29, 1.82) is 0 Å². The molecule has 2 aromatic rings. The molecule has 0 saturated heterocycles. The fraction of sp³-hybridized carbons (Fsp3) is 0.222. The maximum atomic E-state index is 12.1. The monoisotopic (exact) mass is 342 g/mol. The van der Waals surface area contributed by atoms with Crippen molar-refractivity contribution in [1.82, 2.24) is 16.2 Å². The predicted molar refractivity (Wildman–Crippen MR) is 102 cm³/mol. The first kappa shape index (κ1) is 17.7. The molecule has 2 aromatic carbocycles. The number of rotatable bonds is 5. The van der Waals surface area contributed by atoms with Crippen LogP contribution in [0.4, 0.5) is 5.69 Å². The molecule has 0 aliphatic heterocycles. The molecule has 0 aliphatic carbocycles. The van der Waals surface area contributed by atoms with Crippen LogP contribution < -0.4 is 21.1 Å². The van der Waals surface area contributed by atoms with E-state index >= 15 is 0 Å². The van der Waals surface area contributed by atoms with Crippen molar-refractivity contribution in [3.8, 4) is 0 Å². The molecule has 0 fully saturated rings. The quantitative estimate of drug-likeness (QED) is 0.574. The van der Waals surface area contributed by atoms with Crippen LogP contribution in [0.3, 0.4) is 0 Å². The summed E-state index contributed by atoms with van der Waals surface area (Å²) in [7, 11) is 3.86. The average Bonchev–Trinajstić information content (AvgIpc) is 2.60. The van der Waals surface area contributed by atoms with Gasteiger partial charge in [0.15, 0.2) is 5.11 Å². The fourth-order valence-corrected chi connectivity index (χ4v) is 2.27. The zero-order chi connectivity index (χ0) is 17.4. The molecule has 24 heavy (non-hydrogen) atoms. The minimum atomic E-state index is -0.231. The van der Waals surface area contributed by atoms with Crippen LogP contribution in [0.2, 0.25) is 0 Å². The second kappa shape index (κ2) is 8.88. The van der Waals surface area contributed by atoms with Crippen molar-refractivity contribution in [2.75, 3.05) is 25.5 Å². The number of anilines is 1. The summed E-state index contributed by atoms with van der Waals surface area (Å²) in [5.41, 5.74) is 8.09. The Labute approximate surface area is 148 Å². The number of hydrazine groups is 1. The molecule has 5 nitrogen and oxygen atoms in total. The molecule has 0 heterocycles. The van der Waals surface area contributed by atoms with Gasteiger partial charge in [-0.3, -0.25) is 15.6 Å². The Kier molecular flexibility index (Phi) is 6.57. The van der Waals surface area contributed by atoms with E-state index in [0.717, 1.165) is 12.1 Å². The van der Waals surface area contributed by atoms with Crippen LogP contribution in [0.25, 0.3) is 0 Å². The molecule has 1 amide bonds. The van der Waals surface area contributed by atoms with Gasteiger partial charge in [0, 0.05) is 31.9 Å². The van der Waals surface area contributed by atoms with Crippen LogP contribution >= 0.6 is 12.2 Å². The zero-order valence-electron chi connectivity index (χ0n) is 13.9. The Bertz CT molecular complexity index is 688. The van der Waals surface area contributed by atoms with Crippen LogP contribution in [0.1, 0.15) is 15.9 Å². The lowest BCUT2D eigenvalue weighted by atomic mass is 10.1. The molecule has 0 atom stereocenters. The highest BCUT2D eigenvalue weighted by atomic mass is 32.1. The first-order chi connectivity index (χ1) is 11.6. The number of thiocarbonyl (C=S) groups is 1. The van der Waals surface area contributed by atoms with E-state index in [1.807, 2.05) is 55.4 Å². The summed E-state index contributed by atoms with van der Waals surface area (Å²) >= 11 is 5.16. The van der Waals surface area contributed by atoms with Crippen LogP contribution in [0.15, 0.2) is 54.6 Å². The molecule has 0 radical (unpaired) electrons. The van der Waals surface area contributed by atoms with Crippen LogP contribution in [0.5, 0.6) is 0 Å². The maximum Gasteiger partial charge on any atom is 0.269 e. The largest absolute Gasteiger partial charge is 0.378 e. The number of carbonyl (C=O) groups is 1. The third kappa shape index (κ3) is 5.55. The molecule has 0 unspecified atom stereocenters. The van der Waals surface area contributed by atoms with Gasteiger partial charge in [-0.2, -0.15) is 0 Å². The molecule has 0 bridgehead atoms. The topological polar surface area (TPSA) is 56.4 Å². The molecular weight excluding hydrogens is 320 g/mol. The number of hydrogen-bond donors (Lipinski definition) is 3. The van der Waals surface area contributed by atoms with Gasteiger partial charge in [-0.25, -0.2) is 0 Å². The molecule has 0 aliphatic rings. The molecule has 0 spiro atoms. The molecule has 2 rings (SSSR count). The highest BCUT2D eigenvalue weighted by molar-refractivity contribution is 7.80. The van der Waals surface area contributed by atoms with Crippen LogP contribution in [-0.2, 0) is 6.42 Å². The SMILES string of the molecule is CN(C)c1cccc(C(=O)NNC(=S)NCCc2ccccc2)c1. The summed E-state index contributed by atoms with van der Waals surface area (Å²) in [6, 6.07) is 17.5. The minimum Gasteiger partial charge on any atom is -0.378 e. The minimum absolute atomic E-state index is 0.231. The maximum absolute atomic E-state index is 12.1. The Morgan fingerprint density at radius 1 is 1.04 bits per heavy atom. The average molecular weight is 342 g/mol. The van der Waals surface area contributed by atoms with E-state index in [1.54, 1.807) is 6.07 Å².